The Morgan fingerprint density at radius 2 is 1.91 bits per heavy atom. The van der Waals surface area contributed by atoms with Crippen molar-refractivity contribution < 1.29 is 14.4 Å². The number of fused-ring (bicyclic) bond motifs is 1. The van der Waals surface area contributed by atoms with E-state index >= 15 is 0 Å². The highest BCUT2D eigenvalue weighted by atomic mass is 32.1. The van der Waals surface area contributed by atoms with E-state index in [1.54, 1.807) is 6.92 Å². The third kappa shape index (κ3) is 2.78. The van der Waals surface area contributed by atoms with Gasteiger partial charge in [0.25, 0.3) is 0 Å². The Morgan fingerprint density at radius 1 is 1.27 bits per heavy atom. The Morgan fingerprint density at radius 3 is 2.45 bits per heavy atom. The second-order valence-corrected chi connectivity index (χ2v) is 6.59. The van der Waals surface area contributed by atoms with Crippen LogP contribution in [-0.4, -0.2) is 39.4 Å². The van der Waals surface area contributed by atoms with Crippen molar-refractivity contribution in [3.63, 3.8) is 0 Å². The average Bonchev–Trinajstić information content (AvgIpc) is 3.01. The first-order valence-corrected chi connectivity index (χ1v) is 7.98. The van der Waals surface area contributed by atoms with Gasteiger partial charge in [0.2, 0.25) is 22.9 Å². The fraction of sp³-hybridized carbons (Fsp3) is 0.500. The van der Waals surface area contributed by atoms with Gasteiger partial charge < -0.3 is 5.32 Å². The maximum absolute atomic E-state index is 12.2. The number of rotatable bonds is 4. The normalized spacial score (nSPS) is 23.8. The monoisotopic (exact) mass is 320 g/mol. The molecule has 3 amide bonds. The van der Waals surface area contributed by atoms with Gasteiger partial charge in [0, 0.05) is 13.0 Å². The van der Waals surface area contributed by atoms with Crippen molar-refractivity contribution in [2.45, 2.75) is 26.2 Å². The third-order valence-corrected chi connectivity index (χ3v) is 4.69. The zero-order chi connectivity index (χ0) is 15.7. The topological polar surface area (TPSA) is 92.3 Å². The molecule has 0 unspecified atom stereocenters. The first-order chi connectivity index (χ1) is 10.6. The number of allylic oxidation sites excluding steroid dienone is 2. The molecule has 0 spiro atoms. The molecule has 1 saturated heterocycles. The summed E-state index contributed by atoms with van der Waals surface area (Å²) in [5.74, 6) is -1.07. The lowest BCUT2D eigenvalue weighted by Crippen LogP contribution is -2.34. The predicted octanol–water partition coefficient (Wildman–Crippen LogP) is 1.13. The molecule has 22 heavy (non-hydrogen) atoms. The fourth-order valence-corrected chi connectivity index (χ4v) is 3.44. The number of hydrogen-bond acceptors (Lipinski definition) is 6. The second-order valence-electron chi connectivity index (χ2n) is 5.41. The van der Waals surface area contributed by atoms with Crippen LogP contribution in [0.5, 0.6) is 0 Å². The molecule has 1 fully saturated rings. The van der Waals surface area contributed by atoms with Crippen LogP contribution in [0.4, 0.5) is 5.13 Å². The summed E-state index contributed by atoms with van der Waals surface area (Å²) in [5.41, 5.74) is 0. The first-order valence-electron chi connectivity index (χ1n) is 7.16. The van der Waals surface area contributed by atoms with Gasteiger partial charge in [-0.1, -0.05) is 23.5 Å². The van der Waals surface area contributed by atoms with Crippen LogP contribution in [0.25, 0.3) is 0 Å². The fourth-order valence-electron chi connectivity index (χ4n) is 2.83. The number of imide groups is 1. The van der Waals surface area contributed by atoms with E-state index in [0.29, 0.717) is 18.0 Å². The van der Waals surface area contributed by atoms with Gasteiger partial charge in [-0.3, -0.25) is 19.3 Å². The molecule has 2 heterocycles. The number of carbonyl (C=O) groups is 3. The van der Waals surface area contributed by atoms with Gasteiger partial charge in [-0.05, 0) is 19.8 Å². The first kappa shape index (κ1) is 14.8. The molecule has 0 saturated carbocycles. The van der Waals surface area contributed by atoms with E-state index in [1.165, 1.54) is 16.2 Å². The van der Waals surface area contributed by atoms with Gasteiger partial charge in [0.1, 0.15) is 5.01 Å². The zero-order valence-electron chi connectivity index (χ0n) is 12.1. The van der Waals surface area contributed by atoms with Crippen molar-refractivity contribution in [1.29, 1.82) is 0 Å². The summed E-state index contributed by atoms with van der Waals surface area (Å²) < 4.78 is 0. The lowest BCUT2D eigenvalue weighted by atomic mass is 9.85. The predicted molar refractivity (Wildman–Crippen MR) is 80.0 cm³/mol. The molecule has 2 aliphatic rings. The Balaban J connectivity index is 1.56. The Kier molecular flexibility index (Phi) is 4.02. The number of hydrogen-bond donors (Lipinski definition) is 1. The summed E-state index contributed by atoms with van der Waals surface area (Å²) in [6, 6.07) is 0. The molecular weight excluding hydrogens is 304 g/mol. The Bertz CT molecular complexity index is 628. The van der Waals surface area contributed by atoms with Crippen molar-refractivity contribution in [3.05, 3.63) is 17.2 Å². The molecule has 8 heteroatoms. The summed E-state index contributed by atoms with van der Waals surface area (Å²) in [4.78, 5) is 37.6. The number of aromatic nitrogens is 2. The van der Waals surface area contributed by atoms with Gasteiger partial charge in [-0.15, -0.1) is 10.2 Å². The van der Waals surface area contributed by atoms with Crippen LogP contribution in [0.1, 0.15) is 24.3 Å². The number of amides is 3. The number of nitrogens with zero attached hydrogens (tertiary/aromatic N) is 3. The molecule has 116 valence electrons. The van der Waals surface area contributed by atoms with E-state index in [4.69, 9.17) is 0 Å². The molecule has 0 radical (unpaired) electrons. The standard InChI is InChI=1S/C14H16N4O3S/c1-8-16-17-14(22-8)15-11(19)6-7-18-12(20)9-4-2-3-5-10(9)13(18)21/h2-3,9-10H,4-7H2,1H3,(H,15,17,19)/t9-,10-/m0/s1. The lowest BCUT2D eigenvalue weighted by Gasteiger charge is -2.14. The van der Waals surface area contributed by atoms with E-state index in [9.17, 15) is 14.4 Å². The van der Waals surface area contributed by atoms with Gasteiger partial charge in [-0.25, -0.2) is 0 Å². The maximum Gasteiger partial charge on any atom is 0.233 e. The minimum absolute atomic E-state index is 0.0724. The van der Waals surface area contributed by atoms with Gasteiger partial charge in [-0.2, -0.15) is 0 Å². The summed E-state index contributed by atoms with van der Waals surface area (Å²) in [6.07, 6.45) is 5.19. The lowest BCUT2D eigenvalue weighted by molar-refractivity contribution is -0.140. The highest BCUT2D eigenvalue weighted by Crippen LogP contribution is 2.35. The molecule has 1 aliphatic heterocycles. The molecule has 3 rings (SSSR count). The van der Waals surface area contributed by atoms with E-state index in [1.807, 2.05) is 12.2 Å². The Labute approximate surface area is 131 Å². The molecule has 0 aromatic carbocycles. The third-order valence-electron chi connectivity index (χ3n) is 3.93. The van der Waals surface area contributed by atoms with Gasteiger partial charge in [0.05, 0.1) is 11.8 Å². The van der Waals surface area contributed by atoms with Crippen LogP contribution in [0.3, 0.4) is 0 Å². The molecule has 1 aromatic heterocycles. The van der Waals surface area contributed by atoms with Crippen molar-refractivity contribution >= 4 is 34.2 Å². The van der Waals surface area contributed by atoms with Crippen molar-refractivity contribution in [1.82, 2.24) is 15.1 Å². The van der Waals surface area contributed by atoms with Crippen LogP contribution in [0, 0.1) is 18.8 Å². The largest absolute Gasteiger partial charge is 0.300 e. The van der Waals surface area contributed by atoms with Crippen molar-refractivity contribution in [2.24, 2.45) is 11.8 Å². The van der Waals surface area contributed by atoms with Crippen LogP contribution in [-0.2, 0) is 14.4 Å². The number of likely N-dealkylation sites (tertiary alicyclic amines) is 1. The average molecular weight is 320 g/mol. The number of nitrogens with one attached hydrogen (secondary N) is 1. The summed E-state index contributed by atoms with van der Waals surface area (Å²) in [7, 11) is 0. The smallest absolute Gasteiger partial charge is 0.233 e. The van der Waals surface area contributed by atoms with Crippen LogP contribution in [0.2, 0.25) is 0 Å². The number of anilines is 1. The molecular formula is C14H16N4O3S. The van der Waals surface area contributed by atoms with E-state index in [0.717, 1.165) is 5.01 Å². The van der Waals surface area contributed by atoms with E-state index in [-0.39, 0.29) is 42.5 Å². The van der Waals surface area contributed by atoms with E-state index in [2.05, 4.69) is 15.5 Å². The highest BCUT2D eigenvalue weighted by molar-refractivity contribution is 7.15. The summed E-state index contributed by atoms with van der Waals surface area (Å²) in [5, 5.41) is 11.4. The zero-order valence-corrected chi connectivity index (χ0v) is 12.9. The number of aryl methyl sites for hydroxylation is 1. The quantitative estimate of drug-likeness (QED) is 0.663. The maximum atomic E-state index is 12.2. The molecule has 1 aliphatic carbocycles. The van der Waals surface area contributed by atoms with Crippen LogP contribution < -0.4 is 5.32 Å². The molecule has 2 atom stereocenters. The van der Waals surface area contributed by atoms with E-state index < -0.39 is 0 Å². The van der Waals surface area contributed by atoms with Gasteiger partial charge >= 0.3 is 0 Å². The summed E-state index contributed by atoms with van der Waals surface area (Å²) >= 11 is 1.28. The minimum Gasteiger partial charge on any atom is -0.300 e. The SMILES string of the molecule is Cc1nnc(NC(=O)CCN2C(=O)[C@H]3CC=CC[C@@H]3C2=O)s1. The molecule has 0 bridgehead atoms. The van der Waals surface area contributed by atoms with Gasteiger partial charge in [0.15, 0.2) is 0 Å². The highest BCUT2D eigenvalue weighted by Gasteiger charge is 2.46. The molecule has 1 aromatic rings. The summed E-state index contributed by atoms with van der Waals surface area (Å²) in [6.45, 7) is 1.92. The Hall–Kier alpha value is -2.09. The van der Waals surface area contributed by atoms with Crippen LogP contribution >= 0.6 is 11.3 Å². The number of carbonyl (C=O) groups excluding carboxylic acids is 3. The molecule has 1 N–H and O–H groups in total. The van der Waals surface area contributed by atoms with Crippen LogP contribution in [0.15, 0.2) is 12.2 Å². The van der Waals surface area contributed by atoms with Crippen molar-refractivity contribution in [2.75, 3.05) is 11.9 Å². The molecule has 7 nitrogen and oxygen atoms in total. The van der Waals surface area contributed by atoms with Crippen molar-refractivity contribution in [3.8, 4) is 0 Å². The minimum atomic E-state index is -0.273. The second kappa shape index (κ2) is 5.96.